The monoisotopic (exact) mass is 373 g/mol. The van der Waals surface area contributed by atoms with Gasteiger partial charge in [0.1, 0.15) is 14.7 Å². The summed E-state index contributed by atoms with van der Waals surface area (Å²) in [6.07, 6.45) is 0. The average Bonchev–Trinajstić information content (AvgIpc) is 2.57. The predicted octanol–water partition coefficient (Wildman–Crippen LogP) is 2.57. The van der Waals surface area contributed by atoms with Crippen molar-refractivity contribution in [3.05, 3.63) is 38.8 Å². The van der Waals surface area contributed by atoms with Crippen LogP contribution in [0.1, 0.15) is 5.56 Å². The number of imide groups is 1. The topological polar surface area (TPSA) is 46.6 Å². The Morgan fingerprint density at radius 2 is 1.56 bits per heavy atom. The van der Waals surface area contributed by atoms with E-state index in [1.165, 1.54) is 4.90 Å². The number of hydrogen-bond acceptors (Lipinski definition) is 3. The Morgan fingerprint density at radius 3 is 2.00 bits per heavy atom. The maximum Gasteiger partial charge on any atom is 0.269 e. The van der Waals surface area contributed by atoms with E-state index in [0.29, 0.717) is 0 Å². The second-order valence-electron chi connectivity index (χ2n) is 3.67. The maximum absolute atomic E-state index is 11.8. The van der Waals surface area contributed by atoms with Gasteiger partial charge < -0.3 is 4.74 Å². The lowest BCUT2D eigenvalue weighted by atomic mass is 10.2. The number of benzene rings is 1. The average molecular weight is 375 g/mol. The van der Waals surface area contributed by atoms with Crippen LogP contribution in [0.2, 0.25) is 0 Å². The molecule has 2 rings (SSSR count). The van der Waals surface area contributed by atoms with Crippen LogP contribution in [0.4, 0.5) is 0 Å². The highest BCUT2D eigenvalue weighted by molar-refractivity contribution is 9.14. The number of rotatable bonds is 3. The highest BCUT2D eigenvalue weighted by Gasteiger charge is 2.35. The highest BCUT2D eigenvalue weighted by Crippen LogP contribution is 2.30. The molecule has 0 aliphatic carbocycles. The second kappa shape index (κ2) is 5.24. The summed E-state index contributed by atoms with van der Waals surface area (Å²) in [5, 5.41) is 0. The molecule has 0 N–H and O–H groups in total. The lowest BCUT2D eigenvalue weighted by Crippen LogP contribution is -2.30. The third-order valence-corrected chi connectivity index (χ3v) is 4.56. The van der Waals surface area contributed by atoms with E-state index in [-0.39, 0.29) is 27.3 Å². The lowest BCUT2D eigenvalue weighted by Gasteiger charge is -2.14. The van der Waals surface area contributed by atoms with Crippen molar-refractivity contribution in [3.63, 3.8) is 0 Å². The normalized spacial score (nSPS) is 15.6. The minimum absolute atomic E-state index is 0.242. The summed E-state index contributed by atoms with van der Waals surface area (Å²) >= 11 is 6.17. The lowest BCUT2D eigenvalue weighted by molar-refractivity contribution is -0.137. The molecule has 0 atom stereocenters. The molecule has 6 heteroatoms. The molecule has 1 aromatic carbocycles. The quantitative estimate of drug-likeness (QED) is 0.764. The van der Waals surface area contributed by atoms with E-state index in [9.17, 15) is 9.59 Å². The Balaban J connectivity index is 2.16. The molecule has 1 aromatic rings. The molecule has 0 radical (unpaired) electrons. The van der Waals surface area contributed by atoms with Crippen molar-refractivity contribution in [2.45, 2.75) is 6.54 Å². The van der Waals surface area contributed by atoms with E-state index < -0.39 is 0 Å². The predicted molar refractivity (Wildman–Crippen MR) is 73.4 cm³/mol. The molecule has 0 spiro atoms. The molecule has 0 bridgehead atoms. The number of carbonyl (C=O) groups is 2. The molecule has 0 saturated heterocycles. The van der Waals surface area contributed by atoms with Crippen LogP contribution in [0, 0.1) is 0 Å². The first-order valence-electron chi connectivity index (χ1n) is 5.09. The van der Waals surface area contributed by atoms with Gasteiger partial charge in [-0.15, -0.1) is 0 Å². The van der Waals surface area contributed by atoms with E-state index >= 15 is 0 Å². The zero-order valence-electron chi connectivity index (χ0n) is 9.44. The van der Waals surface area contributed by atoms with Crippen LogP contribution in [-0.2, 0) is 16.1 Å². The number of nitrogens with zero attached hydrogens (tertiary/aromatic N) is 1. The number of amides is 2. The smallest absolute Gasteiger partial charge is 0.269 e. The third-order valence-electron chi connectivity index (χ3n) is 2.56. The zero-order chi connectivity index (χ0) is 13.3. The molecular weight excluding hydrogens is 366 g/mol. The minimum atomic E-state index is -0.331. The van der Waals surface area contributed by atoms with Crippen molar-refractivity contribution in [3.8, 4) is 5.75 Å². The largest absolute Gasteiger partial charge is 0.497 e. The molecule has 94 valence electrons. The van der Waals surface area contributed by atoms with E-state index in [4.69, 9.17) is 4.74 Å². The van der Waals surface area contributed by atoms with Crippen LogP contribution in [0.5, 0.6) is 5.75 Å². The Bertz CT molecular complexity index is 513. The fourth-order valence-electron chi connectivity index (χ4n) is 1.57. The number of hydrogen-bond donors (Lipinski definition) is 0. The van der Waals surface area contributed by atoms with E-state index in [1.54, 1.807) is 19.2 Å². The molecule has 0 saturated carbocycles. The first-order valence-corrected chi connectivity index (χ1v) is 6.67. The van der Waals surface area contributed by atoms with E-state index in [1.807, 2.05) is 12.1 Å². The van der Waals surface area contributed by atoms with Crippen LogP contribution >= 0.6 is 31.9 Å². The first kappa shape index (κ1) is 13.3. The van der Waals surface area contributed by atoms with E-state index in [0.717, 1.165) is 11.3 Å². The van der Waals surface area contributed by atoms with Gasteiger partial charge in [-0.1, -0.05) is 12.1 Å². The van der Waals surface area contributed by atoms with Crippen molar-refractivity contribution < 1.29 is 14.3 Å². The van der Waals surface area contributed by atoms with Crippen molar-refractivity contribution >= 4 is 43.7 Å². The Kier molecular flexibility index (Phi) is 3.87. The Hall–Kier alpha value is -1.14. The maximum atomic E-state index is 11.8. The van der Waals surface area contributed by atoms with Gasteiger partial charge in [-0.05, 0) is 49.6 Å². The number of methoxy groups -OCH3 is 1. The molecule has 2 amide bonds. The molecule has 0 aromatic heterocycles. The highest BCUT2D eigenvalue weighted by atomic mass is 79.9. The van der Waals surface area contributed by atoms with Crippen molar-refractivity contribution in [1.29, 1.82) is 0 Å². The summed E-state index contributed by atoms with van der Waals surface area (Å²) in [4.78, 5) is 24.8. The minimum Gasteiger partial charge on any atom is -0.497 e. The van der Waals surface area contributed by atoms with Crippen LogP contribution in [0.25, 0.3) is 0 Å². The summed E-state index contributed by atoms with van der Waals surface area (Å²) in [6, 6.07) is 7.22. The third kappa shape index (κ3) is 2.35. The van der Waals surface area contributed by atoms with Gasteiger partial charge in [0.25, 0.3) is 11.8 Å². The second-order valence-corrected chi connectivity index (χ2v) is 5.26. The van der Waals surface area contributed by atoms with Crippen LogP contribution in [0.3, 0.4) is 0 Å². The molecule has 1 aliphatic rings. The van der Waals surface area contributed by atoms with Crippen LogP contribution in [-0.4, -0.2) is 23.8 Å². The van der Waals surface area contributed by atoms with Crippen molar-refractivity contribution in [1.82, 2.24) is 4.90 Å². The summed E-state index contributed by atoms with van der Waals surface area (Å²) in [7, 11) is 1.58. The van der Waals surface area contributed by atoms with Gasteiger partial charge in [0, 0.05) is 0 Å². The number of ether oxygens (including phenoxy) is 1. The van der Waals surface area contributed by atoms with Gasteiger partial charge in [0.05, 0.1) is 13.7 Å². The Labute approximate surface area is 121 Å². The summed E-state index contributed by atoms with van der Waals surface area (Å²) in [6.45, 7) is 0.242. The van der Waals surface area contributed by atoms with Crippen LogP contribution in [0.15, 0.2) is 33.2 Å². The summed E-state index contributed by atoms with van der Waals surface area (Å²) < 4.78 is 5.57. The van der Waals surface area contributed by atoms with Gasteiger partial charge in [0.15, 0.2) is 0 Å². The fraction of sp³-hybridized carbons (Fsp3) is 0.167. The van der Waals surface area contributed by atoms with Gasteiger partial charge in [-0.25, -0.2) is 0 Å². The first-order chi connectivity index (χ1) is 8.54. The Morgan fingerprint density at radius 1 is 1.06 bits per heavy atom. The molecular formula is C12H9Br2NO3. The number of carbonyl (C=O) groups excluding carboxylic acids is 2. The zero-order valence-corrected chi connectivity index (χ0v) is 12.6. The molecule has 1 heterocycles. The van der Waals surface area contributed by atoms with Crippen LogP contribution < -0.4 is 4.74 Å². The van der Waals surface area contributed by atoms with Crippen molar-refractivity contribution in [2.75, 3.05) is 7.11 Å². The van der Waals surface area contributed by atoms with E-state index in [2.05, 4.69) is 31.9 Å². The van der Waals surface area contributed by atoms with Gasteiger partial charge in [0.2, 0.25) is 0 Å². The standard InChI is InChI=1S/C12H9Br2NO3/c1-18-8-4-2-7(3-5-8)6-15-11(16)9(13)10(14)12(15)17/h2-5H,6H2,1H3. The van der Waals surface area contributed by atoms with Gasteiger partial charge in [-0.2, -0.15) is 0 Å². The summed E-state index contributed by atoms with van der Waals surface area (Å²) in [5.74, 6) is 0.0729. The molecule has 18 heavy (non-hydrogen) atoms. The molecule has 4 nitrogen and oxygen atoms in total. The summed E-state index contributed by atoms with van der Waals surface area (Å²) in [5.41, 5.74) is 0.861. The molecule has 0 unspecified atom stereocenters. The molecule has 0 fully saturated rings. The van der Waals surface area contributed by atoms with Gasteiger partial charge in [-0.3, -0.25) is 14.5 Å². The number of halogens is 2. The van der Waals surface area contributed by atoms with Crippen molar-refractivity contribution in [2.24, 2.45) is 0 Å². The SMILES string of the molecule is COc1ccc(CN2C(=O)C(Br)=C(Br)C2=O)cc1. The fourth-order valence-corrected chi connectivity index (χ4v) is 2.34. The molecule has 1 aliphatic heterocycles. The van der Waals surface area contributed by atoms with Gasteiger partial charge >= 0.3 is 0 Å².